The van der Waals surface area contributed by atoms with E-state index >= 15 is 0 Å². The minimum atomic E-state index is -0.290. The van der Waals surface area contributed by atoms with Crippen molar-refractivity contribution in [2.24, 2.45) is 17.8 Å². The van der Waals surface area contributed by atoms with Gasteiger partial charge in [0.1, 0.15) is 0 Å². The molecule has 1 saturated carbocycles. The zero-order valence-corrected chi connectivity index (χ0v) is 13.8. The second kappa shape index (κ2) is 7.57. The third kappa shape index (κ3) is 4.43. The standard InChI is InChI=1S/C19H26O3/c1-13(2)18(20)16-8-10-17(11-9-16)19(21)22-12-15-6-4-14(3)5-7-15/h8-11,13-15H,4-7,12H2,1-3H3. The van der Waals surface area contributed by atoms with Crippen molar-refractivity contribution in [3.8, 4) is 0 Å². The van der Waals surface area contributed by atoms with E-state index in [2.05, 4.69) is 6.92 Å². The van der Waals surface area contributed by atoms with Gasteiger partial charge in [-0.25, -0.2) is 4.79 Å². The Morgan fingerprint density at radius 3 is 2.14 bits per heavy atom. The Labute approximate surface area is 133 Å². The summed E-state index contributed by atoms with van der Waals surface area (Å²) in [5, 5.41) is 0. The molecule has 0 amide bonds. The Bertz CT molecular complexity index is 508. The lowest BCUT2D eigenvalue weighted by Crippen LogP contribution is -2.19. The number of benzene rings is 1. The molecule has 22 heavy (non-hydrogen) atoms. The number of hydrogen-bond donors (Lipinski definition) is 0. The fourth-order valence-corrected chi connectivity index (χ4v) is 2.88. The molecule has 0 atom stereocenters. The summed E-state index contributed by atoms with van der Waals surface area (Å²) >= 11 is 0. The van der Waals surface area contributed by atoms with Crippen LogP contribution in [-0.4, -0.2) is 18.4 Å². The maximum Gasteiger partial charge on any atom is 0.338 e. The molecule has 0 aromatic heterocycles. The third-order valence-electron chi connectivity index (χ3n) is 4.52. The molecule has 0 bridgehead atoms. The van der Waals surface area contributed by atoms with E-state index in [0.717, 1.165) is 18.8 Å². The Balaban J connectivity index is 1.86. The second-order valence-corrected chi connectivity index (χ2v) is 6.82. The molecule has 2 rings (SSSR count). The summed E-state index contributed by atoms with van der Waals surface area (Å²) in [5.74, 6) is 1.07. The van der Waals surface area contributed by atoms with Gasteiger partial charge in [0, 0.05) is 11.5 Å². The van der Waals surface area contributed by atoms with Gasteiger partial charge in [0.25, 0.3) is 0 Å². The zero-order valence-electron chi connectivity index (χ0n) is 13.8. The number of hydrogen-bond acceptors (Lipinski definition) is 3. The molecule has 1 aliphatic rings. The highest BCUT2D eigenvalue weighted by Gasteiger charge is 2.20. The Kier molecular flexibility index (Phi) is 5.76. The molecule has 0 saturated heterocycles. The number of carbonyl (C=O) groups excluding carboxylic acids is 2. The van der Waals surface area contributed by atoms with Gasteiger partial charge < -0.3 is 4.74 Å². The quantitative estimate of drug-likeness (QED) is 0.594. The minimum Gasteiger partial charge on any atom is -0.462 e. The van der Waals surface area contributed by atoms with Gasteiger partial charge in [-0.2, -0.15) is 0 Å². The molecule has 0 spiro atoms. The van der Waals surface area contributed by atoms with Crippen molar-refractivity contribution in [3.63, 3.8) is 0 Å². The lowest BCUT2D eigenvalue weighted by atomic mass is 9.83. The topological polar surface area (TPSA) is 43.4 Å². The molecular formula is C19H26O3. The molecule has 0 aliphatic heterocycles. The molecule has 1 aliphatic carbocycles. The minimum absolute atomic E-state index is 0.0357. The molecule has 0 unspecified atom stereocenters. The average Bonchev–Trinajstić information content (AvgIpc) is 2.53. The molecule has 3 heteroatoms. The molecule has 0 N–H and O–H groups in total. The van der Waals surface area contributed by atoms with Crippen LogP contribution in [0.3, 0.4) is 0 Å². The van der Waals surface area contributed by atoms with Gasteiger partial charge in [-0.05, 0) is 36.8 Å². The second-order valence-electron chi connectivity index (χ2n) is 6.82. The van der Waals surface area contributed by atoms with Crippen molar-refractivity contribution < 1.29 is 14.3 Å². The molecule has 1 aromatic carbocycles. The first-order chi connectivity index (χ1) is 10.5. The van der Waals surface area contributed by atoms with Crippen LogP contribution in [0.5, 0.6) is 0 Å². The molecule has 1 fully saturated rings. The number of Topliss-reactive ketones (excluding diaryl/α,β-unsaturated/α-hetero) is 1. The maximum absolute atomic E-state index is 12.1. The summed E-state index contributed by atoms with van der Waals surface area (Å²) in [6.45, 7) is 6.53. The van der Waals surface area contributed by atoms with Crippen molar-refractivity contribution in [3.05, 3.63) is 35.4 Å². The number of carbonyl (C=O) groups is 2. The van der Waals surface area contributed by atoms with Gasteiger partial charge in [0.05, 0.1) is 12.2 Å². The third-order valence-corrected chi connectivity index (χ3v) is 4.52. The molecule has 1 aromatic rings. The van der Waals surface area contributed by atoms with Crippen molar-refractivity contribution in [1.82, 2.24) is 0 Å². The van der Waals surface area contributed by atoms with Crippen LogP contribution in [-0.2, 0) is 4.74 Å². The van der Waals surface area contributed by atoms with Crippen LogP contribution in [0.25, 0.3) is 0 Å². The van der Waals surface area contributed by atoms with Gasteiger partial charge in [-0.1, -0.05) is 45.7 Å². The largest absolute Gasteiger partial charge is 0.462 e. The first kappa shape index (κ1) is 16.7. The average molecular weight is 302 g/mol. The van der Waals surface area contributed by atoms with Crippen LogP contribution in [0, 0.1) is 17.8 Å². The van der Waals surface area contributed by atoms with E-state index in [-0.39, 0.29) is 17.7 Å². The van der Waals surface area contributed by atoms with E-state index in [4.69, 9.17) is 4.74 Å². The number of ketones is 1. The molecule has 120 valence electrons. The number of ether oxygens (including phenoxy) is 1. The SMILES string of the molecule is CC1CCC(COC(=O)c2ccc(C(=O)C(C)C)cc2)CC1. The van der Waals surface area contributed by atoms with Crippen LogP contribution >= 0.6 is 0 Å². The van der Waals surface area contributed by atoms with E-state index in [1.807, 2.05) is 13.8 Å². The van der Waals surface area contributed by atoms with Crippen molar-refractivity contribution >= 4 is 11.8 Å². The van der Waals surface area contributed by atoms with Gasteiger partial charge in [-0.3, -0.25) is 4.79 Å². The lowest BCUT2D eigenvalue weighted by Gasteiger charge is -2.25. The summed E-state index contributed by atoms with van der Waals surface area (Å²) < 4.78 is 5.43. The Hall–Kier alpha value is -1.64. The van der Waals surface area contributed by atoms with E-state index < -0.39 is 0 Å². The maximum atomic E-state index is 12.1. The van der Waals surface area contributed by atoms with Crippen molar-refractivity contribution in [1.29, 1.82) is 0 Å². The Morgan fingerprint density at radius 1 is 1.05 bits per heavy atom. The van der Waals surface area contributed by atoms with Crippen molar-refractivity contribution in [2.75, 3.05) is 6.61 Å². The molecule has 3 nitrogen and oxygen atoms in total. The highest BCUT2D eigenvalue weighted by molar-refractivity contribution is 5.98. The van der Waals surface area contributed by atoms with Gasteiger partial charge in [-0.15, -0.1) is 0 Å². The summed E-state index contributed by atoms with van der Waals surface area (Å²) in [4.78, 5) is 23.9. The molecule has 0 radical (unpaired) electrons. The van der Waals surface area contributed by atoms with E-state index in [0.29, 0.717) is 23.7 Å². The highest BCUT2D eigenvalue weighted by atomic mass is 16.5. The van der Waals surface area contributed by atoms with Gasteiger partial charge in [0.2, 0.25) is 0 Å². The summed E-state index contributed by atoms with van der Waals surface area (Å²) in [6.07, 6.45) is 4.76. The van der Waals surface area contributed by atoms with Crippen LogP contribution < -0.4 is 0 Å². The summed E-state index contributed by atoms with van der Waals surface area (Å²) in [7, 11) is 0. The van der Waals surface area contributed by atoms with Crippen LogP contribution in [0.2, 0.25) is 0 Å². The van der Waals surface area contributed by atoms with E-state index in [1.54, 1.807) is 24.3 Å². The van der Waals surface area contributed by atoms with Crippen LogP contribution in [0.15, 0.2) is 24.3 Å². The fourth-order valence-electron chi connectivity index (χ4n) is 2.88. The summed E-state index contributed by atoms with van der Waals surface area (Å²) in [5.41, 5.74) is 1.16. The first-order valence-corrected chi connectivity index (χ1v) is 8.28. The molecule has 0 heterocycles. The highest BCUT2D eigenvalue weighted by Crippen LogP contribution is 2.28. The van der Waals surface area contributed by atoms with Crippen LogP contribution in [0.1, 0.15) is 67.2 Å². The molecular weight excluding hydrogens is 276 g/mol. The lowest BCUT2D eigenvalue weighted by molar-refractivity contribution is 0.0398. The predicted molar refractivity (Wildman–Crippen MR) is 87.0 cm³/mol. The summed E-state index contributed by atoms with van der Waals surface area (Å²) in [6, 6.07) is 6.78. The Morgan fingerprint density at radius 2 is 1.59 bits per heavy atom. The van der Waals surface area contributed by atoms with Crippen LogP contribution in [0.4, 0.5) is 0 Å². The van der Waals surface area contributed by atoms with E-state index in [9.17, 15) is 9.59 Å². The zero-order chi connectivity index (χ0) is 16.1. The van der Waals surface area contributed by atoms with Gasteiger partial charge >= 0.3 is 5.97 Å². The monoisotopic (exact) mass is 302 g/mol. The normalized spacial score (nSPS) is 21.6. The smallest absolute Gasteiger partial charge is 0.338 e. The predicted octanol–water partition coefficient (Wildman–Crippen LogP) is 4.51. The number of rotatable bonds is 5. The van der Waals surface area contributed by atoms with Gasteiger partial charge in [0.15, 0.2) is 5.78 Å². The van der Waals surface area contributed by atoms with E-state index in [1.165, 1.54) is 12.8 Å². The number of esters is 1. The first-order valence-electron chi connectivity index (χ1n) is 8.28. The fraction of sp³-hybridized carbons (Fsp3) is 0.579. The van der Waals surface area contributed by atoms with Crippen molar-refractivity contribution in [2.45, 2.75) is 46.5 Å².